The minimum absolute atomic E-state index is 0.310. The molecule has 0 saturated heterocycles. The fraction of sp³-hybridized carbons (Fsp3) is 0.294. The topological polar surface area (TPSA) is 66.4 Å². The van der Waals surface area contributed by atoms with Gasteiger partial charge < -0.3 is 9.29 Å². The number of benzene rings is 2. The van der Waals surface area contributed by atoms with Gasteiger partial charge in [-0.2, -0.15) is 8.78 Å². The molecular formula is C17H15F4O4S-. The third kappa shape index (κ3) is 3.99. The van der Waals surface area contributed by atoms with E-state index in [0.29, 0.717) is 11.5 Å². The van der Waals surface area contributed by atoms with Crippen LogP contribution in [0.4, 0.5) is 17.6 Å². The van der Waals surface area contributed by atoms with Crippen LogP contribution in [0, 0.1) is 23.3 Å². The zero-order valence-electron chi connectivity index (χ0n) is 13.9. The van der Waals surface area contributed by atoms with E-state index in [-0.39, 0.29) is 0 Å². The van der Waals surface area contributed by atoms with E-state index in [1.807, 2.05) is 13.8 Å². The summed E-state index contributed by atoms with van der Waals surface area (Å²) in [4.78, 5) is -2.21. The first-order valence-corrected chi connectivity index (χ1v) is 9.02. The molecule has 0 saturated carbocycles. The largest absolute Gasteiger partial charge is 0.744 e. The van der Waals surface area contributed by atoms with E-state index in [4.69, 9.17) is 4.74 Å². The van der Waals surface area contributed by atoms with Gasteiger partial charge in [0, 0.05) is 0 Å². The molecule has 0 N–H and O–H groups in total. The summed E-state index contributed by atoms with van der Waals surface area (Å²) >= 11 is 0. The summed E-state index contributed by atoms with van der Waals surface area (Å²) in [7, 11) is -5.74. The highest BCUT2D eigenvalue weighted by Gasteiger charge is 2.30. The van der Waals surface area contributed by atoms with E-state index in [0.717, 1.165) is 12.0 Å². The van der Waals surface area contributed by atoms with Crippen molar-refractivity contribution in [1.29, 1.82) is 0 Å². The Bertz CT molecular complexity index is 882. The van der Waals surface area contributed by atoms with Crippen LogP contribution in [-0.2, 0) is 16.7 Å². The Hall–Kier alpha value is -2.13. The van der Waals surface area contributed by atoms with Gasteiger partial charge in [0.2, 0.25) is 11.6 Å². The first-order chi connectivity index (χ1) is 12.1. The fourth-order valence-electron chi connectivity index (χ4n) is 2.27. The number of ether oxygens (including phenoxy) is 1. The van der Waals surface area contributed by atoms with Crippen molar-refractivity contribution in [2.75, 3.05) is 0 Å². The molecule has 2 aromatic carbocycles. The molecule has 4 nitrogen and oxygen atoms in total. The Morgan fingerprint density at radius 1 is 1.00 bits per heavy atom. The van der Waals surface area contributed by atoms with Gasteiger partial charge in [0.25, 0.3) is 0 Å². The molecule has 0 heterocycles. The molecule has 0 amide bonds. The first-order valence-electron chi connectivity index (χ1n) is 7.61. The summed E-state index contributed by atoms with van der Waals surface area (Å²) in [5.74, 6) is -9.94. The summed E-state index contributed by atoms with van der Waals surface area (Å²) in [6.45, 7) is 3.62. The zero-order valence-corrected chi connectivity index (χ0v) is 14.7. The van der Waals surface area contributed by atoms with Crippen molar-refractivity contribution in [1.82, 2.24) is 0 Å². The average Bonchev–Trinajstić information content (AvgIpc) is 2.59. The SMILES string of the molecule is CCC(C)c1ccc(COc2c(F)c(F)c(S(=O)(=O)[O-])c(F)c2F)cc1. The second-order valence-electron chi connectivity index (χ2n) is 5.71. The smallest absolute Gasteiger partial charge is 0.205 e. The molecule has 0 spiro atoms. The molecule has 0 aliphatic carbocycles. The molecule has 0 radical (unpaired) electrons. The van der Waals surface area contributed by atoms with E-state index < -0.39 is 50.6 Å². The normalized spacial score (nSPS) is 12.9. The van der Waals surface area contributed by atoms with Gasteiger partial charge in [0.05, 0.1) is 0 Å². The number of halogens is 4. The van der Waals surface area contributed by atoms with Gasteiger partial charge in [-0.25, -0.2) is 17.2 Å². The summed E-state index contributed by atoms with van der Waals surface area (Å²) in [6, 6.07) is 6.82. The van der Waals surface area contributed by atoms with Gasteiger partial charge in [0.15, 0.2) is 17.4 Å². The predicted molar refractivity (Wildman–Crippen MR) is 83.7 cm³/mol. The average molecular weight is 391 g/mol. The molecule has 26 heavy (non-hydrogen) atoms. The minimum Gasteiger partial charge on any atom is -0.744 e. The van der Waals surface area contributed by atoms with Crippen LogP contribution in [0.5, 0.6) is 5.75 Å². The van der Waals surface area contributed by atoms with Gasteiger partial charge in [0.1, 0.15) is 21.6 Å². The van der Waals surface area contributed by atoms with Crippen molar-refractivity contribution < 1.29 is 35.3 Å². The summed E-state index contributed by atoms with van der Waals surface area (Å²) in [5.41, 5.74) is 1.51. The van der Waals surface area contributed by atoms with E-state index in [2.05, 4.69) is 0 Å². The molecule has 0 aliphatic rings. The lowest BCUT2D eigenvalue weighted by molar-refractivity contribution is 0.256. The van der Waals surface area contributed by atoms with Crippen molar-refractivity contribution in [2.24, 2.45) is 0 Å². The molecule has 0 aliphatic heterocycles. The molecular weight excluding hydrogens is 376 g/mol. The predicted octanol–water partition coefficient (Wildman–Crippen LogP) is 4.24. The van der Waals surface area contributed by atoms with Crippen LogP contribution in [0.2, 0.25) is 0 Å². The molecule has 2 aromatic rings. The fourth-order valence-corrected chi connectivity index (χ4v) is 2.89. The maximum absolute atomic E-state index is 13.8. The van der Waals surface area contributed by atoms with Crippen molar-refractivity contribution in [3.63, 3.8) is 0 Å². The Kier molecular flexibility index (Phi) is 5.92. The van der Waals surface area contributed by atoms with Crippen LogP contribution < -0.4 is 4.74 Å². The quantitative estimate of drug-likeness (QED) is 0.420. The van der Waals surface area contributed by atoms with Crippen LogP contribution in [0.15, 0.2) is 29.2 Å². The van der Waals surface area contributed by atoms with Crippen LogP contribution in [0.1, 0.15) is 37.3 Å². The Morgan fingerprint density at radius 3 is 1.92 bits per heavy atom. The summed E-state index contributed by atoms with van der Waals surface area (Å²) in [5, 5.41) is 0. The van der Waals surface area contributed by atoms with Gasteiger partial charge in [-0.3, -0.25) is 0 Å². The number of hydrogen-bond acceptors (Lipinski definition) is 4. The van der Waals surface area contributed by atoms with Gasteiger partial charge in [-0.1, -0.05) is 38.1 Å². The van der Waals surface area contributed by atoms with E-state index in [9.17, 15) is 30.5 Å². The monoisotopic (exact) mass is 391 g/mol. The van der Waals surface area contributed by atoms with Gasteiger partial charge >= 0.3 is 0 Å². The molecule has 1 unspecified atom stereocenters. The molecule has 0 fully saturated rings. The van der Waals surface area contributed by atoms with Crippen molar-refractivity contribution in [2.45, 2.75) is 37.7 Å². The van der Waals surface area contributed by atoms with Crippen LogP contribution in [0.25, 0.3) is 0 Å². The lowest BCUT2D eigenvalue weighted by Gasteiger charge is -2.15. The molecule has 9 heteroatoms. The van der Waals surface area contributed by atoms with Crippen molar-refractivity contribution >= 4 is 10.1 Å². The second-order valence-corrected chi connectivity index (χ2v) is 7.02. The van der Waals surface area contributed by atoms with Crippen LogP contribution in [0.3, 0.4) is 0 Å². The minimum atomic E-state index is -5.74. The van der Waals surface area contributed by atoms with E-state index >= 15 is 0 Å². The zero-order chi connectivity index (χ0) is 19.6. The molecule has 142 valence electrons. The molecule has 2 rings (SSSR count). The molecule has 0 bridgehead atoms. The third-order valence-electron chi connectivity index (χ3n) is 3.98. The Balaban J connectivity index is 2.31. The van der Waals surface area contributed by atoms with Gasteiger partial charge in [-0.05, 0) is 23.5 Å². The highest BCUT2D eigenvalue weighted by Crippen LogP contribution is 2.33. The van der Waals surface area contributed by atoms with Crippen LogP contribution >= 0.6 is 0 Å². The maximum Gasteiger partial charge on any atom is 0.205 e. The lowest BCUT2D eigenvalue weighted by Crippen LogP contribution is -2.12. The van der Waals surface area contributed by atoms with E-state index in [1.54, 1.807) is 24.3 Å². The Morgan fingerprint density at radius 2 is 1.50 bits per heavy atom. The maximum atomic E-state index is 13.8. The first kappa shape index (κ1) is 20.2. The lowest BCUT2D eigenvalue weighted by atomic mass is 9.98. The highest BCUT2D eigenvalue weighted by molar-refractivity contribution is 7.85. The Labute approximate surface area is 148 Å². The third-order valence-corrected chi connectivity index (χ3v) is 4.84. The summed E-state index contributed by atoms with van der Waals surface area (Å²) < 4.78 is 92.1. The second kappa shape index (κ2) is 7.63. The molecule has 0 aromatic heterocycles. The summed E-state index contributed by atoms with van der Waals surface area (Å²) in [6.07, 6.45) is 0.916. The van der Waals surface area contributed by atoms with E-state index in [1.165, 1.54) is 0 Å². The molecule has 1 atom stereocenters. The van der Waals surface area contributed by atoms with Crippen LogP contribution in [-0.4, -0.2) is 13.0 Å². The van der Waals surface area contributed by atoms with Gasteiger partial charge in [-0.15, -0.1) is 0 Å². The van der Waals surface area contributed by atoms with Crippen molar-refractivity contribution in [3.05, 3.63) is 58.7 Å². The van der Waals surface area contributed by atoms with Crippen molar-refractivity contribution in [3.8, 4) is 5.75 Å². The number of rotatable bonds is 6. The number of hydrogen-bond donors (Lipinski definition) is 0. The highest BCUT2D eigenvalue weighted by atomic mass is 32.2. The standard InChI is InChI=1S/C17H16F4O4S/c1-3-9(2)11-6-4-10(5-7-11)8-25-16-12(18)14(20)17(26(22,23)24)15(21)13(16)19/h4-7,9H,3,8H2,1-2H3,(H,22,23,24)/p-1.